The quantitative estimate of drug-likeness (QED) is 0.739. The van der Waals surface area contributed by atoms with Crippen molar-refractivity contribution in [2.75, 3.05) is 0 Å². The lowest BCUT2D eigenvalue weighted by Crippen LogP contribution is -2.23. The van der Waals surface area contributed by atoms with E-state index in [0.717, 1.165) is 16.5 Å². The Morgan fingerprint density at radius 1 is 1.42 bits per heavy atom. The monoisotopic (exact) mass is 255 g/mol. The highest BCUT2D eigenvalue weighted by Gasteiger charge is 2.13. The van der Waals surface area contributed by atoms with Crippen LogP contribution in [-0.2, 0) is 13.6 Å². The number of H-pyrrole nitrogens is 1. The van der Waals surface area contributed by atoms with Gasteiger partial charge in [0.25, 0.3) is 5.91 Å². The molecule has 19 heavy (non-hydrogen) atoms. The maximum absolute atomic E-state index is 12.1. The van der Waals surface area contributed by atoms with Crippen molar-refractivity contribution in [3.05, 3.63) is 47.9 Å². The normalized spacial score (nSPS) is 10.8. The molecule has 2 aromatic heterocycles. The number of nitrogens with zero attached hydrogens (tertiary/aromatic N) is 3. The van der Waals surface area contributed by atoms with Crippen molar-refractivity contribution in [1.29, 1.82) is 0 Å². The predicted octanol–water partition coefficient (Wildman–Crippen LogP) is 1.23. The number of hydrogen-bond acceptors (Lipinski definition) is 3. The van der Waals surface area contributed by atoms with Gasteiger partial charge in [-0.3, -0.25) is 14.6 Å². The number of nitrogens with one attached hydrogen (secondary N) is 2. The lowest BCUT2D eigenvalue weighted by molar-refractivity contribution is 0.0947. The Kier molecular flexibility index (Phi) is 2.75. The van der Waals surface area contributed by atoms with E-state index < -0.39 is 0 Å². The number of carbonyl (C=O) groups is 1. The van der Waals surface area contributed by atoms with Crippen molar-refractivity contribution in [2.45, 2.75) is 6.54 Å². The summed E-state index contributed by atoms with van der Waals surface area (Å²) in [4.78, 5) is 12.1. The van der Waals surface area contributed by atoms with E-state index in [2.05, 4.69) is 20.6 Å². The molecule has 0 unspecified atom stereocenters. The van der Waals surface area contributed by atoms with Crippen LogP contribution in [-0.4, -0.2) is 25.9 Å². The Bertz CT molecular complexity index is 727. The number of rotatable bonds is 3. The van der Waals surface area contributed by atoms with Gasteiger partial charge < -0.3 is 5.32 Å². The van der Waals surface area contributed by atoms with Gasteiger partial charge in [0.1, 0.15) is 0 Å². The summed E-state index contributed by atoms with van der Waals surface area (Å²) in [6, 6.07) is 7.55. The molecular weight excluding hydrogens is 242 g/mol. The van der Waals surface area contributed by atoms with Crippen molar-refractivity contribution in [3.63, 3.8) is 0 Å². The highest BCUT2D eigenvalue weighted by molar-refractivity contribution is 6.04. The van der Waals surface area contributed by atoms with E-state index in [-0.39, 0.29) is 5.91 Å². The number of fused-ring (bicyclic) bond motifs is 1. The zero-order valence-corrected chi connectivity index (χ0v) is 10.4. The van der Waals surface area contributed by atoms with Gasteiger partial charge in [-0.1, -0.05) is 18.2 Å². The molecule has 0 atom stereocenters. The summed E-state index contributed by atoms with van der Waals surface area (Å²) in [5.41, 5.74) is 2.23. The molecule has 2 N–H and O–H groups in total. The Balaban J connectivity index is 1.77. The SMILES string of the molecule is Cn1cc(CNC(=O)c2n[nH]c3ccccc23)cn1. The van der Waals surface area contributed by atoms with Gasteiger partial charge in [-0.15, -0.1) is 0 Å². The second kappa shape index (κ2) is 4.56. The molecule has 3 rings (SSSR count). The first-order chi connectivity index (χ1) is 9.24. The van der Waals surface area contributed by atoms with Crippen LogP contribution >= 0.6 is 0 Å². The molecule has 0 saturated carbocycles. The number of benzene rings is 1. The lowest BCUT2D eigenvalue weighted by Gasteiger charge is -2.00. The zero-order chi connectivity index (χ0) is 13.2. The summed E-state index contributed by atoms with van der Waals surface area (Å²) < 4.78 is 1.70. The molecule has 0 radical (unpaired) electrons. The molecular formula is C13H13N5O. The van der Waals surface area contributed by atoms with E-state index in [9.17, 15) is 4.79 Å². The fourth-order valence-electron chi connectivity index (χ4n) is 1.97. The largest absolute Gasteiger partial charge is 0.346 e. The molecule has 0 aliphatic heterocycles. The molecule has 0 aliphatic rings. The maximum atomic E-state index is 12.1. The number of aromatic amines is 1. The fraction of sp³-hybridized carbons (Fsp3) is 0.154. The van der Waals surface area contributed by atoms with E-state index in [1.807, 2.05) is 37.5 Å². The number of amides is 1. The van der Waals surface area contributed by atoms with Crippen LogP contribution in [0.15, 0.2) is 36.7 Å². The molecule has 1 amide bonds. The number of para-hydroxylation sites is 1. The van der Waals surface area contributed by atoms with Crippen molar-refractivity contribution in [2.24, 2.45) is 7.05 Å². The van der Waals surface area contributed by atoms with Crippen molar-refractivity contribution in [3.8, 4) is 0 Å². The van der Waals surface area contributed by atoms with Crippen molar-refractivity contribution in [1.82, 2.24) is 25.3 Å². The second-order valence-corrected chi connectivity index (χ2v) is 4.32. The second-order valence-electron chi connectivity index (χ2n) is 4.32. The van der Waals surface area contributed by atoms with Gasteiger partial charge >= 0.3 is 0 Å². The molecule has 0 spiro atoms. The highest BCUT2D eigenvalue weighted by atomic mass is 16.1. The van der Waals surface area contributed by atoms with Gasteiger partial charge in [0.15, 0.2) is 5.69 Å². The number of aromatic nitrogens is 4. The minimum absolute atomic E-state index is 0.193. The van der Waals surface area contributed by atoms with Crippen LogP contribution in [0.5, 0.6) is 0 Å². The Morgan fingerprint density at radius 3 is 3.05 bits per heavy atom. The zero-order valence-electron chi connectivity index (χ0n) is 10.4. The molecule has 0 bridgehead atoms. The van der Waals surface area contributed by atoms with Crippen LogP contribution < -0.4 is 5.32 Å². The van der Waals surface area contributed by atoms with E-state index in [4.69, 9.17) is 0 Å². The third-order valence-electron chi connectivity index (χ3n) is 2.90. The summed E-state index contributed by atoms with van der Waals surface area (Å²) in [6.45, 7) is 0.438. The van der Waals surface area contributed by atoms with Gasteiger partial charge in [-0.2, -0.15) is 10.2 Å². The molecule has 0 fully saturated rings. The Morgan fingerprint density at radius 2 is 2.26 bits per heavy atom. The first-order valence-corrected chi connectivity index (χ1v) is 5.93. The van der Waals surface area contributed by atoms with Gasteiger partial charge in [0.05, 0.1) is 11.7 Å². The van der Waals surface area contributed by atoms with Crippen molar-refractivity contribution < 1.29 is 4.79 Å². The first-order valence-electron chi connectivity index (χ1n) is 5.93. The van der Waals surface area contributed by atoms with E-state index in [1.165, 1.54) is 0 Å². The maximum Gasteiger partial charge on any atom is 0.272 e. The van der Waals surface area contributed by atoms with E-state index in [0.29, 0.717) is 12.2 Å². The third-order valence-corrected chi connectivity index (χ3v) is 2.90. The standard InChI is InChI=1S/C13H13N5O/c1-18-8-9(7-15-18)6-14-13(19)12-10-4-2-3-5-11(10)16-17-12/h2-5,7-8H,6H2,1H3,(H,14,19)(H,16,17). The Hall–Kier alpha value is -2.63. The average molecular weight is 255 g/mol. The van der Waals surface area contributed by atoms with Crippen LogP contribution in [0.4, 0.5) is 0 Å². The van der Waals surface area contributed by atoms with Crippen molar-refractivity contribution >= 4 is 16.8 Å². The minimum atomic E-state index is -0.193. The topological polar surface area (TPSA) is 75.6 Å². The van der Waals surface area contributed by atoms with Crippen LogP contribution in [0.1, 0.15) is 16.1 Å². The number of hydrogen-bond donors (Lipinski definition) is 2. The fourth-order valence-corrected chi connectivity index (χ4v) is 1.97. The molecule has 96 valence electrons. The summed E-state index contributed by atoms with van der Waals surface area (Å²) in [5, 5.41) is 14.6. The molecule has 0 aliphatic carbocycles. The predicted molar refractivity (Wildman–Crippen MR) is 70.5 cm³/mol. The van der Waals surface area contributed by atoms with Gasteiger partial charge in [0.2, 0.25) is 0 Å². The molecule has 6 heteroatoms. The van der Waals surface area contributed by atoms with Crippen LogP contribution in [0.2, 0.25) is 0 Å². The molecule has 6 nitrogen and oxygen atoms in total. The number of carbonyl (C=O) groups excluding carboxylic acids is 1. The van der Waals surface area contributed by atoms with E-state index in [1.54, 1.807) is 10.9 Å². The third kappa shape index (κ3) is 2.20. The van der Waals surface area contributed by atoms with Crippen LogP contribution in [0.25, 0.3) is 10.9 Å². The summed E-state index contributed by atoms with van der Waals surface area (Å²) >= 11 is 0. The lowest BCUT2D eigenvalue weighted by atomic mass is 10.2. The number of aryl methyl sites for hydroxylation is 1. The highest BCUT2D eigenvalue weighted by Crippen LogP contribution is 2.14. The smallest absolute Gasteiger partial charge is 0.272 e. The average Bonchev–Trinajstić information content (AvgIpc) is 3.02. The van der Waals surface area contributed by atoms with E-state index >= 15 is 0 Å². The van der Waals surface area contributed by atoms with Gasteiger partial charge in [-0.05, 0) is 6.07 Å². The Labute approximate surface area is 109 Å². The minimum Gasteiger partial charge on any atom is -0.346 e. The molecule has 0 saturated heterocycles. The van der Waals surface area contributed by atoms with Gasteiger partial charge in [-0.25, -0.2) is 0 Å². The summed E-state index contributed by atoms with van der Waals surface area (Å²) in [7, 11) is 1.84. The van der Waals surface area contributed by atoms with Crippen LogP contribution in [0, 0.1) is 0 Å². The molecule has 1 aromatic carbocycles. The molecule has 2 heterocycles. The summed E-state index contributed by atoms with van der Waals surface area (Å²) in [6.07, 6.45) is 3.59. The molecule has 3 aromatic rings. The first kappa shape index (κ1) is 11.5. The van der Waals surface area contributed by atoms with Crippen LogP contribution in [0.3, 0.4) is 0 Å². The van der Waals surface area contributed by atoms with Gasteiger partial charge in [0, 0.05) is 30.7 Å². The summed E-state index contributed by atoms with van der Waals surface area (Å²) in [5.74, 6) is -0.193.